The van der Waals surface area contributed by atoms with E-state index in [9.17, 15) is 9.59 Å². The predicted octanol–water partition coefficient (Wildman–Crippen LogP) is 4.30. The fourth-order valence-corrected chi connectivity index (χ4v) is 4.34. The van der Waals surface area contributed by atoms with Gasteiger partial charge in [-0.3, -0.25) is 14.7 Å². The van der Waals surface area contributed by atoms with Crippen LogP contribution in [0.1, 0.15) is 47.1 Å². The molecule has 0 spiro atoms. The van der Waals surface area contributed by atoms with Gasteiger partial charge in [-0.25, -0.2) is 9.67 Å². The largest absolute Gasteiger partial charge is 0.348 e. The lowest BCUT2D eigenvalue weighted by Crippen LogP contribution is -2.28. The zero-order valence-electron chi connectivity index (χ0n) is 20.6. The summed E-state index contributed by atoms with van der Waals surface area (Å²) >= 11 is 0. The summed E-state index contributed by atoms with van der Waals surface area (Å²) in [5, 5.41) is 14.9. The Morgan fingerprint density at radius 3 is 2.47 bits per heavy atom. The van der Waals surface area contributed by atoms with E-state index >= 15 is 0 Å². The summed E-state index contributed by atoms with van der Waals surface area (Å²) in [5.74, 6) is -0.290. The molecule has 0 unspecified atom stereocenters. The molecule has 9 heteroatoms. The molecule has 0 saturated carbocycles. The van der Waals surface area contributed by atoms with Crippen LogP contribution in [0.2, 0.25) is 0 Å². The van der Waals surface area contributed by atoms with E-state index in [0.717, 1.165) is 27.9 Å². The number of aromatic amines is 2. The third kappa shape index (κ3) is 4.31. The van der Waals surface area contributed by atoms with Crippen molar-refractivity contribution in [3.8, 4) is 22.4 Å². The van der Waals surface area contributed by atoms with Gasteiger partial charge in [-0.2, -0.15) is 10.2 Å². The molecule has 182 valence electrons. The topological polar surface area (TPSA) is 121 Å². The first kappa shape index (κ1) is 23.2. The van der Waals surface area contributed by atoms with Gasteiger partial charge < -0.3 is 10.3 Å². The van der Waals surface area contributed by atoms with Gasteiger partial charge in [-0.15, -0.1) is 0 Å². The Kier molecular flexibility index (Phi) is 5.97. The average Bonchev–Trinajstić information content (AvgIpc) is 3.53. The Labute approximate surface area is 207 Å². The molecule has 4 heterocycles. The van der Waals surface area contributed by atoms with E-state index in [1.54, 1.807) is 18.5 Å². The van der Waals surface area contributed by atoms with Crippen molar-refractivity contribution < 1.29 is 4.79 Å². The summed E-state index contributed by atoms with van der Waals surface area (Å²) in [4.78, 5) is 33.5. The minimum Gasteiger partial charge on any atom is -0.348 e. The quantitative estimate of drug-likeness (QED) is 0.334. The van der Waals surface area contributed by atoms with Gasteiger partial charge in [0.15, 0.2) is 5.65 Å². The molecular formula is C27H27N7O2. The molecule has 5 rings (SSSR count). The number of hydrogen-bond acceptors (Lipinski definition) is 5. The number of benzene rings is 1. The Morgan fingerprint density at radius 1 is 1.06 bits per heavy atom. The average molecular weight is 482 g/mol. The Bertz CT molecular complexity index is 1610. The standard InChI is InChI=1S/C27H27N7O2/c1-15(2)34-25-23(14-31-34)21(26(35)28-13-22-16(3)9-17(4)32-27(22)36)10-24(33-25)19-7-5-18(6-8-19)20-11-29-30-12-20/h5-12,14-15H,13H2,1-4H3,(H,28,35)(H,29,30)(H,32,36). The van der Waals surface area contributed by atoms with Crippen LogP contribution in [0, 0.1) is 13.8 Å². The van der Waals surface area contributed by atoms with Crippen molar-refractivity contribution in [1.29, 1.82) is 0 Å². The van der Waals surface area contributed by atoms with Crippen LogP contribution in [0.25, 0.3) is 33.4 Å². The molecule has 1 amide bonds. The van der Waals surface area contributed by atoms with Crippen molar-refractivity contribution in [3.05, 3.63) is 87.7 Å². The first-order chi connectivity index (χ1) is 17.3. The molecule has 0 aliphatic heterocycles. The molecule has 3 N–H and O–H groups in total. The molecule has 9 nitrogen and oxygen atoms in total. The number of carbonyl (C=O) groups excluding carboxylic acids is 1. The molecule has 4 aromatic heterocycles. The van der Waals surface area contributed by atoms with E-state index in [1.165, 1.54) is 0 Å². The van der Waals surface area contributed by atoms with Gasteiger partial charge >= 0.3 is 0 Å². The Morgan fingerprint density at radius 2 is 1.81 bits per heavy atom. The second kappa shape index (κ2) is 9.26. The maximum Gasteiger partial charge on any atom is 0.253 e. The molecule has 36 heavy (non-hydrogen) atoms. The number of pyridine rings is 2. The van der Waals surface area contributed by atoms with E-state index in [0.29, 0.717) is 27.9 Å². The lowest BCUT2D eigenvalue weighted by Gasteiger charge is -2.12. The van der Waals surface area contributed by atoms with Crippen LogP contribution in [0.3, 0.4) is 0 Å². The van der Waals surface area contributed by atoms with Gasteiger partial charge in [0, 0.05) is 41.2 Å². The maximum atomic E-state index is 13.4. The number of aryl methyl sites for hydroxylation is 2. The van der Waals surface area contributed by atoms with Gasteiger partial charge in [0.1, 0.15) is 0 Å². The van der Waals surface area contributed by atoms with E-state index in [-0.39, 0.29) is 24.1 Å². The van der Waals surface area contributed by atoms with Crippen LogP contribution in [0.4, 0.5) is 0 Å². The van der Waals surface area contributed by atoms with Crippen LogP contribution in [-0.4, -0.2) is 35.9 Å². The smallest absolute Gasteiger partial charge is 0.253 e. The molecule has 0 atom stereocenters. The van der Waals surface area contributed by atoms with E-state index in [1.807, 2.05) is 68.9 Å². The van der Waals surface area contributed by atoms with Crippen LogP contribution >= 0.6 is 0 Å². The second-order valence-electron chi connectivity index (χ2n) is 9.17. The lowest BCUT2D eigenvalue weighted by atomic mass is 10.0. The third-order valence-corrected chi connectivity index (χ3v) is 6.23. The van der Waals surface area contributed by atoms with Gasteiger partial charge in [-0.05, 0) is 51.0 Å². The maximum absolute atomic E-state index is 13.4. The molecule has 1 aromatic carbocycles. The third-order valence-electron chi connectivity index (χ3n) is 6.23. The first-order valence-corrected chi connectivity index (χ1v) is 11.8. The van der Waals surface area contributed by atoms with Crippen LogP contribution in [-0.2, 0) is 6.54 Å². The Balaban J connectivity index is 1.53. The second-order valence-corrected chi connectivity index (χ2v) is 9.17. The van der Waals surface area contributed by atoms with E-state index in [2.05, 4.69) is 25.6 Å². The summed E-state index contributed by atoms with van der Waals surface area (Å²) in [6.45, 7) is 7.86. The number of fused-ring (bicyclic) bond motifs is 1. The van der Waals surface area contributed by atoms with E-state index < -0.39 is 0 Å². The van der Waals surface area contributed by atoms with Crippen molar-refractivity contribution in [2.75, 3.05) is 0 Å². The number of nitrogens with one attached hydrogen (secondary N) is 3. The van der Waals surface area contributed by atoms with Crippen molar-refractivity contribution in [2.45, 2.75) is 40.3 Å². The van der Waals surface area contributed by atoms with Gasteiger partial charge in [-0.1, -0.05) is 24.3 Å². The number of rotatable bonds is 6. The molecule has 0 bridgehead atoms. The number of amides is 1. The number of carbonyl (C=O) groups is 1. The first-order valence-electron chi connectivity index (χ1n) is 11.8. The fourth-order valence-electron chi connectivity index (χ4n) is 4.34. The molecule has 0 aliphatic rings. The predicted molar refractivity (Wildman–Crippen MR) is 139 cm³/mol. The molecule has 0 fully saturated rings. The molecule has 5 aromatic rings. The van der Waals surface area contributed by atoms with Crippen molar-refractivity contribution in [1.82, 2.24) is 35.3 Å². The molecule has 0 radical (unpaired) electrons. The summed E-state index contributed by atoms with van der Waals surface area (Å²) in [5.41, 5.74) is 6.61. The minimum atomic E-state index is -0.290. The lowest BCUT2D eigenvalue weighted by molar-refractivity contribution is 0.0952. The normalized spacial score (nSPS) is 11.4. The van der Waals surface area contributed by atoms with Gasteiger partial charge in [0.05, 0.1) is 29.0 Å². The molecule has 0 saturated heterocycles. The monoisotopic (exact) mass is 481 g/mol. The number of hydrogen-bond donors (Lipinski definition) is 3. The van der Waals surface area contributed by atoms with Gasteiger partial charge in [0.25, 0.3) is 11.5 Å². The van der Waals surface area contributed by atoms with Crippen molar-refractivity contribution >= 4 is 16.9 Å². The minimum absolute atomic E-state index is 0.0680. The summed E-state index contributed by atoms with van der Waals surface area (Å²) in [6, 6.07) is 11.7. The highest BCUT2D eigenvalue weighted by Gasteiger charge is 2.19. The van der Waals surface area contributed by atoms with E-state index in [4.69, 9.17) is 4.98 Å². The number of aromatic nitrogens is 6. The SMILES string of the molecule is Cc1cc(C)c(CNC(=O)c2cc(-c3ccc(-c4cn[nH]c4)cc3)nc3c2cnn3C(C)C)c(=O)[nH]1. The fraction of sp³-hybridized carbons (Fsp3) is 0.222. The molecular weight excluding hydrogens is 454 g/mol. The highest BCUT2D eigenvalue weighted by molar-refractivity contribution is 6.06. The van der Waals surface area contributed by atoms with Crippen LogP contribution < -0.4 is 10.9 Å². The number of H-pyrrole nitrogens is 2. The molecule has 0 aliphatic carbocycles. The number of nitrogens with zero attached hydrogens (tertiary/aromatic N) is 4. The highest BCUT2D eigenvalue weighted by atomic mass is 16.1. The van der Waals surface area contributed by atoms with Crippen LogP contribution in [0.15, 0.2) is 59.8 Å². The summed E-state index contributed by atoms with van der Waals surface area (Å²) in [7, 11) is 0. The zero-order valence-corrected chi connectivity index (χ0v) is 20.6. The summed E-state index contributed by atoms with van der Waals surface area (Å²) < 4.78 is 1.81. The van der Waals surface area contributed by atoms with Crippen molar-refractivity contribution in [2.24, 2.45) is 0 Å². The van der Waals surface area contributed by atoms with Gasteiger partial charge in [0.2, 0.25) is 0 Å². The Hall–Kier alpha value is -4.53. The highest BCUT2D eigenvalue weighted by Crippen LogP contribution is 2.28. The zero-order chi connectivity index (χ0) is 25.4. The van der Waals surface area contributed by atoms with Crippen LogP contribution in [0.5, 0.6) is 0 Å². The summed E-state index contributed by atoms with van der Waals surface area (Å²) in [6.07, 6.45) is 5.28. The van der Waals surface area contributed by atoms with Crippen molar-refractivity contribution in [3.63, 3.8) is 0 Å².